The van der Waals surface area contributed by atoms with Crippen molar-refractivity contribution in [3.63, 3.8) is 0 Å². The van der Waals surface area contributed by atoms with E-state index in [1.165, 1.54) is 14.2 Å². The number of rotatable bonds is 7. The van der Waals surface area contributed by atoms with Crippen LogP contribution in [0, 0.1) is 0 Å². The van der Waals surface area contributed by atoms with E-state index in [2.05, 4.69) is 0 Å². The van der Waals surface area contributed by atoms with Crippen LogP contribution >= 0.6 is 0 Å². The first kappa shape index (κ1) is 15.3. The number of carboxylic acid groups (broad SMARTS) is 1. The summed E-state index contributed by atoms with van der Waals surface area (Å²) in [6, 6.07) is 3.47. The molecular weight excluding hydrogens is 250 g/mol. The molecule has 0 saturated carbocycles. The number of carbonyl (C=O) groups is 1. The zero-order valence-corrected chi connectivity index (χ0v) is 11.3. The molecule has 3 N–H and O–H groups in total. The third-order valence-corrected chi connectivity index (χ3v) is 2.79. The largest absolute Gasteiger partial charge is 0.493 e. The molecule has 0 bridgehead atoms. The van der Waals surface area contributed by atoms with Gasteiger partial charge in [-0.25, -0.2) is 0 Å². The summed E-state index contributed by atoms with van der Waals surface area (Å²) >= 11 is 0. The van der Waals surface area contributed by atoms with Gasteiger partial charge >= 0.3 is 5.97 Å². The van der Waals surface area contributed by atoms with Crippen LogP contribution in [-0.4, -0.2) is 38.9 Å². The minimum Gasteiger partial charge on any atom is -0.493 e. The number of methoxy groups -OCH3 is 3. The predicted octanol–water partition coefficient (Wildman–Crippen LogP) is 0.977. The van der Waals surface area contributed by atoms with Gasteiger partial charge in [0.1, 0.15) is 0 Å². The Hall–Kier alpha value is -1.79. The van der Waals surface area contributed by atoms with Crippen molar-refractivity contribution in [2.45, 2.75) is 12.5 Å². The maximum absolute atomic E-state index is 11.3. The van der Waals surface area contributed by atoms with Gasteiger partial charge in [0.15, 0.2) is 11.5 Å². The molecule has 0 saturated heterocycles. The van der Waals surface area contributed by atoms with Gasteiger partial charge in [-0.3, -0.25) is 4.79 Å². The number of nitrogens with two attached hydrogens (primary N) is 1. The molecular formula is C13H19NO5. The van der Waals surface area contributed by atoms with Crippen LogP contribution in [0.25, 0.3) is 0 Å². The number of benzene rings is 1. The highest BCUT2D eigenvalue weighted by Gasteiger charge is 2.25. The van der Waals surface area contributed by atoms with Crippen LogP contribution < -0.4 is 15.2 Å². The van der Waals surface area contributed by atoms with Crippen LogP contribution in [0.2, 0.25) is 0 Å². The summed E-state index contributed by atoms with van der Waals surface area (Å²) in [7, 11) is 4.53. The highest BCUT2D eigenvalue weighted by Crippen LogP contribution is 2.37. The molecule has 6 heteroatoms. The molecule has 19 heavy (non-hydrogen) atoms. The third kappa shape index (κ3) is 3.36. The Kier molecular flexibility index (Phi) is 5.59. The molecule has 1 atom stereocenters. The van der Waals surface area contributed by atoms with Gasteiger partial charge in [-0.2, -0.15) is 0 Å². The first-order valence-corrected chi connectivity index (χ1v) is 5.75. The second-order valence-electron chi connectivity index (χ2n) is 3.98. The smallest absolute Gasteiger partial charge is 0.312 e. The fraction of sp³-hybridized carbons (Fsp3) is 0.462. The summed E-state index contributed by atoms with van der Waals surface area (Å²) in [5, 5.41) is 9.22. The van der Waals surface area contributed by atoms with Crippen molar-refractivity contribution >= 4 is 5.97 Å². The van der Waals surface area contributed by atoms with E-state index < -0.39 is 11.9 Å². The molecule has 1 unspecified atom stereocenters. The number of ether oxygens (including phenoxy) is 3. The summed E-state index contributed by atoms with van der Waals surface area (Å²) in [4.78, 5) is 11.3. The average Bonchev–Trinajstić information content (AvgIpc) is 2.39. The molecule has 6 nitrogen and oxygen atoms in total. The molecule has 0 spiro atoms. The monoisotopic (exact) mass is 269 g/mol. The Balaban J connectivity index is 3.39. The molecule has 0 aromatic heterocycles. The van der Waals surface area contributed by atoms with Gasteiger partial charge in [-0.1, -0.05) is 0 Å². The topological polar surface area (TPSA) is 91.0 Å². The normalized spacial score (nSPS) is 12.0. The lowest BCUT2D eigenvalue weighted by molar-refractivity contribution is -0.138. The van der Waals surface area contributed by atoms with E-state index in [-0.39, 0.29) is 6.54 Å². The summed E-state index contributed by atoms with van der Waals surface area (Å²) < 4.78 is 15.5. The Bertz CT molecular complexity index is 447. The van der Waals surface area contributed by atoms with Crippen LogP contribution in [0.4, 0.5) is 0 Å². The zero-order chi connectivity index (χ0) is 14.4. The molecule has 0 fully saturated rings. The summed E-state index contributed by atoms with van der Waals surface area (Å²) in [5.41, 5.74) is 6.83. The predicted molar refractivity (Wildman–Crippen MR) is 69.7 cm³/mol. The van der Waals surface area contributed by atoms with E-state index in [0.29, 0.717) is 23.7 Å². The van der Waals surface area contributed by atoms with Gasteiger partial charge in [-0.15, -0.1) is 0 Å². The fourth-order valence-electron chi connectivity index (χ4n) is 1.92. The van der Waals surface area contributed by atoms with Crippen molar-refractivity contribution < 1.29 is 24.1 Å². The SMILES string of the molecule is COCc1cc(OC)c(OC)c(C(CN)C(=O)O)c1. The molecule has 1 aromatic rings. The van der Waals surface area contributed by atoms with Gasteiger partial charge < -0.3 is 25.1 Å². The van der Waals surface area contributed by atoms with Crippen molar-refractivity contribution in [3.05, 3.63) is 23.3 Å². The molecule has 0 amide bonds. The van der Waals surface area contributed by atoms with Crippen molar-refractivity contribution in [2.24, 2.45) is 5.73 Å². The molecule has 1 rings (SSSR count). The van der Waals surface area contributed by atoms with Crippen molar-refractivity contribution in [1.82, 2.24) is 0 Å². The van der Waals surface area contributed by atoms with Crippen molar-refractivity contribution in [1.29, 1.82) is 0 Å². The molecule has 0 heterocycles. The number of hydrogen-bond donors (Lipinski definition) is 2. The minimum atomic E-state index is -1.00. The first-order valence-electron chi connectivity index (χ1n) is 5.75. The molecule has 0 aliphatic rings. The third-order valence-electron chi connectivity index (χ3n) is 2.79. The summed E-state index contributed by atoms with van der Waals surface area (Å²) in [6.45, 7) is 0.329. The Morgan fingerprint density at radius 1 is 1.32 bits per heavy atom. The maximum Gasteiger partial charge on any atom is 0.312 e. The Morgan fingerprint density at radius 3 is 2.42 bits per heavy atom. The van der Waals surface area contributed by atoms with Crippen LogP contribution in [-0.2, 0) is 16.1 Å². The van der Waals surface area contributed by atoms with Gasteiger partial charge in [-0.05, 0) is 17.7 Å². The van der Waals surface area contributed by atoms with Crippen molar-refractivity contribution in [2.75, 3.05) is 27.9 Å². The molecule has 1 aromatic carbocycles. The van der Waals surface area contributed by atoms with E-state index in [0.717, 1.165) is 5.56 Å². The van der Waals surface area contributed by atoms with Crippen LogP contribution in [0.15, 0.2) is 12.1 Å². The van der Waals surface area contributed by atoms with Gasteiger partial charge in [0.05, 0.1) is 26.7 Å². The highest BCUT2D eigenvalue weighted by molar-refractivity contribution is 5.78. The average molecular weight is 269 g/mol. The lowest BCUT2D eigenvalue weighted by Gasteiger charge is -2.18. The molecule has 0 aliphatic carbocycles. The lowest BCUT2D eigenvalue weighted by atomic mass is 9.95. The van der Waals surface area contributed by atoms with Gasteiger partial charge in [0.25, 0.3) is 0 Å². The second kappa shape index (κ2) is 6.96. The lowest BCUT2D eigenvalue weighted by Crippen LogP contribution is -2.22. The van der Waals surface area contributed by atoms with E-state index >= 15 is 0 Å². The van der Waals surface area contributed by atoms with Crippen LogP contribution in [0.5, 0.6) is 11.5 Å². The second-order valence-corrected chi connectivity index (χ2v) is 3.98. The molecule has 0 aliphatic heterocycles. The molecule has 0 radical (unpaired) electrons. The summed E-state index contributed by atoms with van der Waals surface area (Å²) in [6.07, 6.45) is 0. The minimum absolute atomic E-state index is 0.0225. The zero-order valence-electron chi connectivity index (χ0n) is 11.3. The van der Waals surface area contributed by atoms with E-state index in [1.807, 2.05) is 0 Å². The number of aliphatic carboxylic acids is 1. The van der Waals surface area contributed by atoms with Gasteiger partial charge in [0, 0.05) is 19.2 Å². The standard InChI is InChI=1S/C13H19NO5/c1-17-7-8-4-9(10(6-14)13(15)16)12(19-3)11(5-8)18-2/h4-5,10H,6-7,14H2,1-3H3,(H,15,16). The first-order chi connectivity index (χ1) is 9.08. The summed E-state index contributed by atoms with van der Waals surface area (Å²) in [5.74, 6) is -0.995. The van der Waals surface area contributed by atoms with Gasteiger partial charge in [0.2, 0.25) is 0 Å². The van der Waals surface area contributed by atoms with E-state index in [9.17, 15) is 9.90 Å². The van der Waals surface area contributed by atoms with Crippen LogP contribution in [0.3, 0.4) is 0 Å². The van der Waals surface area contributed by atoms with Crippen molar-refractivity contribution in [3.8, 4) is 11.5 Å². The quantitative estimate of drug-likeness (QED) is 0.766. The Morgan fingerprint density at radius 2 is 2.00 bits per heavy atom. The number of hydrogen-bond acceptors (Lipinski definition) is 5. The van der Waals surface area contributed by atoms with E-state index in [1.54, 1.807) is 19.2 Å². The molecule has 106 valence electrons. The maximum atomic E-state index is 11.3. The van der Waals surface area contributed by atoms with E-state index in [4.69, 9.17) is 19.9 Å². The fourth-order valence-corrected chi connectivity index (χ4v) is 1.92. The van der Waals surface area contributed by atoms with Crippen LogP contribution in [0.1, 0.15) is 17.0 Å². The number of carboxylic acids is 1. The Labute approximate surface area is 112 Å². The highest BCUT2D eigenvalue weighted by atomic mass is 16.5.